The Morgan fingerprint density at radius 3 is 2.77 bits per heavy atom. The van der Waals surface area contributed by atoms with Gasteiger partial charge in [-0.1, -0.05) is 12.1 Å². The van der Waals surface area contributed by atoms with E-state index < -0.39 is 39.3 Å². The van der Waals surface area contributed by atoms with Crippen LogP contribution in [0.5, 0.6) is 0 Å². The number of hydrogen-bond donors (Lipinski definition) is 0. The molecule has 0 spiro atoms. The largest absolute Gasteiger partial charge is 0.452 e. The van der Waals surface area contributed by atoms with E-state index in [1.54, 1.807) is 6.07 Å². The van der Waals surface area contributed by atoms with Gasteiger partial charge in [0.15, 0.2) is 16.4 Å². The van der Waals surface area contributed by atoms with E-state index >= 15 is 0 Å². The van der Waals surface area contributed by atoms with E-state index in [1.165, 1.54) is 36.2 Å². The molecule has 1 saturated heterocycles. The van der Waals surface area contributed by atoms with Crippen molar-refractivity contribution in [2.45, 2.75) is 12.5 Å². The monoisotopic (exact) mass is 382 g/mol. The summed E-state index contributed by atoms with van der Waals surface area (Å²) in [7, 11) is -1.64. The number of nitro groups is 1. The first-order valence-corrected chi connectivity index (χ1v) is 9.55. The van der Waals surface area contributed by atoms with E-state index in [2.05, 4.69) is 0 Å². The molecule has 1 aromatic rings. The van der Waals surface area contributed by atoms with Crippen LogP contribution in [0.25, 0.3) is 6.08 Å². The number of likely N-dealkylation sites (N-methyl/N-ethyl adjacent to an activating group) is 1. The quantitative estimate of drug-likeness (QED) is 0.308. The Kier molecular flexibility index (Phi) is 6.09. The molecule has 1 aliphatic rings. The van der Waals surface area contributed by atoms with Crippen LogP contribution >= 0.6 is 0 Å². The summed E-state index contributed by atoms with van der Waals surface area (Å²) in [6.45, 7) is -0.509. The minimum absolute atomic E-state index is 0.0427. The molecule has 0 bridgehead atoms. The molecule has 1 heterocycles. The number of nitrogens with zero attached hydrogens (tertiary/aromatic N) is 2. The highest BCUT2D eigenvalue weighted by Crippen LogP contribution is 2.17. The van der Waals surface area contributed by atoms with Gasteiger partial charge in [0.05, 0.1) is 16.4 Å². The fourth-order valence-corrected chi connectivity index (χ4v) is 4.25. The van der Waals surface area contributed by atoms with Gasteiger partial charge >= 0.3 is 5.97 Å². The summed E-state index contributed by atoms with van der Waals surface area (Å²) in [5.74, 6) is -1.32. The Hall–Kier alpha value is -2.75. The average Bonchev–Trinajstić information content (AvgIpc) is 2.97. The smallest absolute Gasteiger partial charge is 0.331 e. The third kappa shape index (κ3) is 5.38. The van der Waals surface area contributed by atoms with Crippen molar-refractivity contribution in [3.63, 3.8) is 0 Å². The van der Waals surface area contributed by atoms with Crippen molar-refractivity contribution in [2.24, 2.45) is 0 Å². The van der Waals surface area contributed by atoms with Crippen LogP contribution < -0.4 is 0 Å². The standard InChI is InChI=1S/C16H18N2O7S/c1-17(14-7-8-26(23,24)11-14)15(19)10-25-16(20)6-5-12-3-2-4-13(9-12)18(21)22/h2-6,9,14H,7-8,10-11H2,1H3/b6-5+/t14-/m0/s1. The first kappa shape index (κ1) is 19.6. The summed E-state index contributed by atoms with van der Waals surface area (Å²) >= 11 is 0. The second kappa shape index (κ2) is 8.09. The Balaban J connectivity index is 1.85. The van der Waals surface area contributed by atoms with Gasteiger partial charge in [-0.2, -0.15) is 0 Å². The van der Waals surface area contributed by atoms with Crippen LogP contribution in [0.15, 0.2) is 30.3 Å². The number of nitro benzene ring substituents is 1. The molecular weight excluding hydrogens is 364 g/mol. The molecule has 0 unspecified atom stereocenters. The van der Waals surface area contributed by atoms with Crippen LogP contribution in [0.2, 0.25) is 0 Å². The van der Waals surface area contributed by atoms with Gasteiger partial charge in [0.1, 0.15) is 0 Å². The number of sulfone groups is 1. The van der Waals surface area contributed by atoms with Crippen molar-refractivity contribution in [1.29, 1.82) is 0 Å². The van der Waals surface area contributed by atoms with Gasteiger partial charge in [-0.15, -0.1) is 0 Å². The van der Waals surface area contributed by atoms with Crippen molar-refractivity contribution in [3.05, 3.63) is 46.0 Å². The second-order valence-corrected chi connectivity index (χ2v) is 8.08. The third-order valence-corrected chi connectivity index (χ3v) is 5.73. The van der Waals surface area contributed by atoms with Crippen molar-refractivity contribution < 1.29 is 27.7 Å². The molecule has 26 heavy (non-hydrogen) atoms. The highest BCUT2D eigenvalue weighted by molar-refractivity contribution is 7.91. The van der Waals surface area contributed by atoms with Gasteiger partial charge in [0.25, 0.3) is 11.6 Å². The maximum absolute atomic E-state index is 12.0. The summed E-state index contributed by atoms with van der Waals surface area (Å²) in [6.07, 6.45) is 2.77. The molecule has 0 aliphatic carbocycles. The zero-order valence-electron chi connectivity index (χ0n) is 14.0. The highest BCUT2D eigenvalue weighted by Gasteiger charge is 2.32. The number of non-ortho nitro benzene ring substituents is 1. The van der Waals surface area contributed by atoms with Crippen LogP contribution in [0, 0.1) is 10.1 Å². The number of rotatable bonds is 6. The van der Waals surface area contributed by atoms with Gasteiger partial charge in [-0.3, -0.25) is 14.9 Å². The summed E-state index contributed by atoms with van der Waals surface area (Å²) in [5, 5.41) is 10.7. The Morgan fingerprint density at radius 2 is 2.15 bits per heavy atom. The predicted molar refractivity (Wildman–Crippen MR) is 92.9 cm³/mol. The molecule has 0 saturated carbocycles. The maximum Gasteiger partial charge on any atom is 0.331 e. The first-order valence-electron chi connectivity index (χ1n) is 7.73. The fourth-order valence-electron chi connectivity index (χ4n) is 2.47. The zero-order valence-corrected chi connectivity index (χ0v) is 14.8. The molecule has 1 amide bonds. The van der Waals surface area contributed by atoms with Crippen LogP contribution in [-0.2, 0) is 24.2 Å². The lowest BCUT2D eigenvalue weighted by Gasteiger charge is -2.22. The van der Waals surface area contributed by atoms with Crippen LogP contribution in [0.1, 0.15) is 12.0 Å². The number of ether oxygens (including phenoxy) is 1. The number of hydrogen-bond acceptors (Lipinski definition) is 7. The summed E-state index contributed by atoms with van der Waals surface area (Å²) in [6, 6.07) is 5.27. The number of benzene rings is 1. The van der Waals surface area contributed by atoms with Gasteiger partial charge < -0.3 is 9.64 Å². The highest BCUT2D eigenvalue weighted by atomic mass is 32.2. The van der Waals surface area contributed by atoms with E-state index in [4.69, 9.17) is 4.74 Å². The van der Waals surface area contributed by atoms with Gasteiger partial charge in [0, 0.05) is 31.3 Å². The van der Waals surface area contributed by atoms with E-state index in [9.17, 15) is 28.1 Å². The SMILES string of the molecule is CN(C(=O)COC(=O)/C=C/c1cccc([N+](=O)[O-])c1)[C@H]1CCS(=O)(=O)C1. The lowest BCUT2D eigenvalue weighted by Crippen LogP contribution is -2.40. The summed E-state index contributed by atoms with van der Waals surface area (Å²) in [5.41, 5.74) is 0.333. The lowest BCUT2D eigenvalue weighted by molar-refractivity contribution is -0.384. The molecule has 140 valence electrons. The van der Waals surface area contributed by atoms with E-state index in [-0.39, 0.29) is 17.2 Å². The molecule has 9 nitrogen and oxygen atoms in total. The van der Waals surface area contributed by atoms with E-state index in [0.29, 0.717) is 12.0 Å². The molecule has 1 aliphatic heterocycles. The van der Waals surface area contributed by atoms with Crippen molar-refractivity contribution >= 4 is 33.5 Å². The first-order chi connectivity index (χ1) is 12.2. The summed E-state index contributed by atoms with van der Waals surface area (Å²) < 4.78 is 27.7. The van der Waals surface area contributed by atoms with Crippen molar-refractivity contribution in [3.8, 4) is 0 Å². The van der Waals surface area contributed by atoms with E-state index in [1.807, 2.05) is 0 Å². The van der Waals surface area contributed by atoms with E-state index in [0.717, 1.165) is 6.08 Å². The van der Waals surface area contributed by atoms with Gasteiger partial charge in [0.2, 0.25) is 0 Å². The second-order valence-electron chi connectivity index (χ2n) is 5.85. The third-order valence-electron chi connectivity index (χ3n) is 3.98. The number of carbonyl (C=O) groups is 2. The average molecular weight is 382 g/mol. The molecular formula is C16H18N2O7S. The predicted octanol–water partition coefficient (Wildman–Crippen LogP) is 0.797. The molecule has 10 heteroatoms. The lowest BCUT2D eigenvalue weighted by atomic mass is 10.2. The zero-order chi connectivity index (χ0) is 19.3. The fraction of sp³-hybridized carbons (Fsp3) is 0.375. The number of carbonyl (C=O) groups excluding carboxylic acids is 2. The maximum atomic E-state index is 12.0. The number of esters is 1. The van der Waals surface area contributed by atoms with Crippen LogP contribution in [0.3, 0.4) is 0 Å². The minimum Gasteiger partial charge on any atom is -0.452 e. The van der Waals surface area contributed by atoms with Crippen molar-refractivity contribution in [1.82, 2.24) is 4.90 Å². The molecule has 0 aromatic heterocycles. The summed E-state index contributed by atoms with van der Waals surface area (Å²) in [4.78, 5) is 35.1. The molecule has 0 radical (unpaired) electrons. The van der Waals surface area contributed by atoms with Crippen LogP contribution in [0.4, 0.5) is 5.69 Å². The minimum atomic E-state index is -3.11. The Labute approximate surface area is 150 Å². The molecule has 1 atom stereocenters. The Morgan fingerprint density at radius 1 is 1.42 bits per heavy atom. The molecule has 0 N–H and O–H groups in total. The van der Waals surface area contributed by atoms with Gasteiger partial charge in [-0.25, -0.2) is 13.2 Å². The number of amides is 1. The normalized spacial score (nSPS) is 18.6. The topological polar surface area (TPSA) is 124 Å². The molecule has 2 rings (SSSR count). The van der Waals surface area contributed by atoms with Crippen LogP contribution in [-0.4, -0.2) is 61.3 Å². The Bertz CT molecular complexity index is 848. The van der Waals surface area contributed by atoms with Gasteiger partial charge in [-0.05, 0) is 18.1 Å². The molecule has 1 aromatic carbocycles. The van der Waals surface area contributed by atoms with Crippen molar-refractivity contribution in [2.75, 3.05) is 25.2 Å². The molecule has 1 fully saturated rings.